The summed E-state index contributed by atoms with van der Waals surface area (Å²) in [5.74, 6) is -0.240. The van der Waals surface area contributed by atoms with Crippen LogP contribution in [0, 0.1) is 0 Å². The highest BCUT2D eigenvalue weighted by Gasteiger charge is 2.47. The molecule has 0 spiro atoms. The van der Waals surface area contributed by atoms with Crippen molar-refractivity contribution in [2.24, 2.45) is 0 Å². The maximum atomic E-state index is 13.4. The number of benzene rings is 2. The summed E-state index contributed by atoms with van der Waals surface area (Å²) in [4.78, 5) is 32.5. The minimum absolute atomic E-state index is 0.00691. The van der Waals surface area contributed by atoms with Crippen molar-refractivity contribution in [2.45, 2.75) is 39.3 Å². The maximum absolute atomic E-state index is 13.4. The lowest BCUT2D eigenvalue weighted by Gasteiger charge is -2.25. The molecular formula is C29H30N2O5. The molecule has 1 aliphatic rings. The Hall–Kier alpha value is -4.13. The zero-order valence-corrected chi connectivity index (χ0v) is 20.9. The molecule has 1 saturated heterocycles. The summed E-state index contributed by atoms with van der Waals surface area (Å²) in [5.41, 5.74) is 2.58. The van der Waals surface area contributed by atoms with Gasteiger partial charge in [-0.15, -0.1) is 0 Å². The number of Topliss-reactive ketones (excluding diaryl/α,β-unsaturated/α-hetero) is 1. The molecule has 1 atom stereocenters. The Morgan fingerprint density at radius 3 is 2.47 bits per heavy atom. The van der Waals surface area contributed by atoms with Gasteiger partial charge in [-0.1, -0.05) is 38.1 Å². The molecule has 1 fully saturated rings. The fraction of sp³-hybridized carbons (Fsp3) is 0.276. The number of pyridine rings is 1. The molecule has 3 aromatic rings. The second-order valence-electron chi connectivity index (χ2n) is 8.83. The highest BCUT2D eigenvalue weighted by Crippen LogP contribution is 2.41. The van der Waals surface area contributed by atoms with Gasteiger partial charge in [0.05, 0.1) is 31.5 Å². The molecule has 186 valence electrons. The lowest BCUT2D eigenvalue weighted by molar-refractivity contribution is -0.140. The first kappa shape index (κ1) is 25.0. The van der Waals surface area contributed by atoms with Gasteiger partial charge in [0.25, 0.3) is 11.7 Å². The first-order valence-corrected chi connectivity index (χ1v) is 12.0. The molecule has 1 N–H and O–H groups in total. The molecular weight excluding hydrogens is 456 g/mol. The van der Waals surface area contributed by atoms with Gasteiger partial charge in [0.2, 0.25) is 0 Å². The maximum Gasteiger partial charge on any atom is 0.296 e. The predicted molar refractivity (Wildman–Crippen MR) is 137 cm³/mol. The lowest BCUT2D eigenvalue weighted by atomic mass is 9.94. The van der Waals surface area contributed by atoms with E-state index in [1.54, 1.807) is 49.7 Å². The number of hydrogen-bond acceptors (Lipinski definition) is 6. The number of aliphatic hydroxyl groups is 1. The minimum Gasteiger partial charge on any atom is -0.507 e. The molecule has 0 saturated carbocycles. The van der Waals surface area contributed by atoms with Crippen molar-refractivity contribution in [3.63, 3.8) is 0 Å². The summed E-state index contributed by atoms with van der Waals surface area (Å²) in [7, 11) is 1.56. The first-order valence-electron chi connectivity index (χ1n) is 12.0. The van der Waals surface area contributed by atoms with Crippen LogP contribution in [-0.4, -0.2) is 40.4 Å². The van der Waals surface area contributed by atoms with E-state index < -0.39 is 17.7 Å². The Morgan fingerprint density at radius 1 is 1.06 bits per heavy atom. The first-order chi connectivity index (χ1) is 17.4. The normalized spacial score (nSPS) is 17.0. The van der Waals surface area contributed by atoms with Gasteiger partial charge in [-0.05, 0) is 54.8 Å². The van der Waals surface area contributed by atoms with Crippen molar-refractivity contribution in [2.75, 3.05) is 13.7 Å². The van der Waals surface area contributed by atoms with Gasteiger partial charge in [-0.25, -0.2) is 0 Å². The molecule has 7 nitrogen and oxygen atoms in total. The number of ether oxygens (including phenoxy) is 2. The Kier molecular flexibility index (Phi) is 7.38. The molecule has 0 bridgehead atoms. The van der Waals surface area contributed by atoms with Gasteiger partial charge < -0.3 is 19.5 Å². The third-order valence-corrected chi connectivity index (χ3v) is 6.25. The Morgan fingerprint density at radius 2 is 1.81 bits per heavy atom. The number of para-hydroxylation sites is 1. The SMILES string of the molecule is CCOc1ccc(/C(O)=C2/C(=O)C(=O)N(Cc3ccccc3OC)C2c2ccccn2)cc1C(C)C. The number of aromatic nitrogens is 1. The Labute approximate surface area is 211 Å². The minimum atomic E-state index is -0.856. The smallest absolute Gasteiger partial charge is 0.296 e. The molecule has 7 heteroatoms. The van der Waals surface area contributed by atoms with Gasteiger partial charge in [0.15, 0.2) is 0 Å². The van der Waals surface area contributed by atoms with Gasteiger partial charge in [-0.3, -0.25) is 14.6 Å². The van der Waals surface area contributed by atoms with Gasteiger partial charge in [0.1, 0.15) is 23.3 Å². The van der Waals surface area contributed by atoms with E-state index in [4.69, 9.17) is 9.47 Å². The van der Waals surface area contributed by atoms with Crippen LogP contribution in [0.15, 0.2) is 72.4 Å². The van der Waals surface area contributed by atoms with Crippen LogP contribution in [0.2, 0.25) is 0 Å². The largest absolute Gasteiger partial charge is 0.507 e. The number of ketones is 1. The molecule has 0 aliphatic carbocycles. The van der Waals surface area contributed by atoms with E-state index >= 15 is 0 Å². The molecule has 36 heavy (non-hydrogen) atoms. The van der Waals surface area contributed by atoms with Crippen molar-refractivity contribution in [1.29, 1.82) is 0 Å². The second-order valence-corrected chi connectivity index (χ2v) is 8.83. The van der Waals surface area contributed by atoms with Crippen molar-refractivity contribution in [3.05, 3.63) is 94.8 Å². The average Bonchev–Trinajstić information content (AvgIpc) is 3.14. The van der Waals surface area contributed by atoms with Crippen LogP contribution in [-0.2, 0) is 16.1 Å². The summed E-state index contributed by atoms with van der Waals surface area (Å²) < 4.78 is 11.2. The second kappa shape index (κ2) is 10.6. The molecule has 1 aliphatic heterocycles. The van der Waals surface area contributed by atoms with E-state index in [1.807, 2.05) is 45.0 Å². The number of amides is 1. The number of carbonyl (C=O) groups is 2. The Bertz CT molecular complexity index is 1300. The third kappa shape index (κ3) is 4.69. The summed E-state index contributed by atoms with van der Waals surface area (Å²) in [5, 5.41) is 11.4. The summed E-state index contributed by atoms with van der Waals surface area (Å²) in [6.07, 6.45) is 1.60. The van der Waals surface area contributed by atoms with Crippen LogP contribution in [0.3, 0.4) is 0 Å². The number of nitrogens with zero attached hydrogens (tertiary/aromatic N) is 2. The van der Waals surface area contributed by atoms with Crippen LogP contribution in [0.5, 0.6) is 11.5 Å². The van der Waals surface area contributed by atoms with E-state index in [0.29, 0.717) is 23.6 Å². The van der Waals surface area contributed by atoms with Crippen LogP contribution in [0.1, 0.15) is 55.1 Å². The van der Waals surface area contributed by atoms with E-state index in [1.165, 1.54) is 4.90 Å². The molecule has 4 rings (SSSR count). The standard InChI is InChI=1S/C29H30N2O5/c1-5-36-24-14-13-19(16-21(24)18(2)3)27(32)25-26(22-11-8-9-15-30-22)31(29(34)28(25)33)17-20-10-6-7-12-23(20)35-4/h6-16,18,26,32H,5,17H2,1-4H3/b27-25-. The lowest BCUT2D eigenvalue weighted by Crippen LogP contribution is -2.29. The topological polar surface area (TPSA) is 89.0 Å². The van der Waals surface area contributed by atoms with Crippen LogP contribution < -0.4 is 9.47 Å². The van der Waals surface area contributed by atoms with Crippen molar-refractivity contribution < 1.29 is 24.2 Å². The molecule has 0 radical (unpaired) electrons. The number of hydrogen-bond donors (Lipinski definition) is 1. The number of rotatable bonds is 8. The highest BCUT2D eigenvalue weighted by atomic mass is 16.5. The van der Waals surface area contributed by atoms with Crippen molar-refractivity contribution in [3.8, 4) is 11.5 Å². The van der Waals surface area contributed by atoms with E-state index in [9.17, 15) is 14.7 Å². The highest BCUT2D eigenvalue weighted by molar-refractivity contribution is 6.46. The predicted octanol–water partition coefficient (Wildman–Crippen LogP) is 5.23. The number of likely N-dealkylation sites (tertiary alicyclic amines) is 1. The number of carbonyl (C=O) groups excluding carboxylic acids is 2. The third-order valence-electron chi connectivity index (χ3n) is 6.25. The number of methoxy groups -OCH3 is 1. The summed E-state index contributed by atoms with van der Waals surface area (Å²) in [6.45, 7) is 6.60. The zero-order valence-electron chi connectivity index (χ0n) is 20.9. The van der Waals surface area contributed by atoms with Crippen molar-refractivity contribution >= 4 is 17.4 Å². The summed E-state index contributed by atoms with van der Waals surface area (Å²) in [6, 6.07) is 17.1. The average molecular weight is 487 g/mol. The molecule has 1 unspecified atom stereocenters. The Balaban J connectivity index is 1.86. The van der Waals surface area contributed by atoms with Gasteiger partial charge in [-0.2, -0.15) is 0 Å². The van der Waals surface area contributed by atoms with Gasteiger partial charge in [0, 0.05) is 17.3 Å². The van der Waals surface area contributed by atoms with Crippen LogP contribution >= 0.6 is 0 Å². The van der Waals surface area contributed by atoms with Crippen LogP contribution in [0.25, 0.3) is 5.76 Å². The van der Waals surface area contributed by atoms with Gasteiger partial charge >= 0.3 is 0 Å². The quantitative estimate of drug-likeness (QED) is 0.266. The monoisotopic (exact) mass is 486 g/mol. The zero-order chi connectivity index (χ0) is 25.8. The van der Waals surface area contributed by atoms with E-state index in [-0.39, 0.29) is 23.8 Å². The number of aliphatic hydroxyl groups excluding tert-OH is 1. The van der Waals surface area contributed by atoms with Crippen LogP contribution in [0.4, 0.5) is 0 Å². The molecule has 1 aromatic heterocycles. The molecule has 1 amide bonds. The van der Waals surface area contributed by atoms with E-state index in [0.717, 1.165) is 16.9 Å². The summed E-state index contributed by atoms with van der Waals surface area (Å²) >= 11 is 0. The fourth-order valence-corrected chi connectivity index (χ4v) is 4.49. The van der Waals surface area contributed by atoms with Crippen molar-refractivity contribution in [1.82, 2.24) is 9.88 Å². The van der Waals surface area contributed by atoms with E-state index in [2.05, 4.69) is 4.98 Å². The fourth-order valence-electron chi connectivity index (χ4n) is 4.49. The molecule has 2 aromatic carbocycles. The molecule has 2 heterocycles.